The molecule has 0 bridgehead atoms. The number of para-hydroxylation sites is 1. The number of benzene rings is 2. The van der Waals surface area contributed by atoms with E-state index in [1.165, 1.54) is 0 Å². The van der Waals surface area contributed by atoms with E-state index in [0.29, 0.717) is 21.7 Å². The Hall–Kier alpha value is -0.758. The van der Waals surface area contributed by atoms with Gasteiger partial charge in [0, 0.05) is 6.26 Å². The van der Waals surface area contributed by atoms with E-state index >= 15 is 0 Å². The molecule has 189 valence electrons. The van der Waals surface area contributed by atoms with Gasteiger partial charge in [-0.25, -0.2) is 8.42 Å². The van der Waals surface area contributed by atoms with E-state index in [0.717, 1.165) is 16.8 Å². The van der Waals surface area contributed by atoms with Crippen molar-refractivity contribution in [2.75, 3.05) is 13.3 Å². The van der Waals surface area contributed by atoms with E-state index in [1.807, 2.05) is 49.5 Å². The van der Waals surface area contributed by atoms with Crippen molar-refractivity contribution in [1.29, 1.82) is 0 Å². The zero-order valence-corrected chi connectivity index (χ0v) is 25.2. The molecule has 4 nitrogen and oxygen atoms in total. The quantitative estimate of drug-likeness (QED) is 0.205. The van der Waals surface area contributed by atoms with Gasteiger partial charge in [-0.2, -0.15) is 0 Å². The first-order valence-corrected chi connectivity index (χ1v) is 13.8. The van der Waals surface area contributed by atoms with E-state index in [1.54, 1.807) is 0 Å². The van der Waals surface area contributed by atoms with E-state index in [2.05, 4.69) is 79.8 Å². The predicted octanol–water partition coefficient (Wildman–Crippen LogP) is 7.81. The topological polar surface area (TPSA) is 71.3 Å². The second-order valence-electron chi connectivity index (χ2n) is 10.6. The van der Waals surface area contributed by atoms with Crippen LogP contribution < -0.4 is 0 Å². The average Bonchev–Trinajstić information content (AvgIpc) is 2.57. The summed E-state index contributed by atoms with van der Waals surface area (Å²) < 4.78 is 27.2. The second kappa shape index (κ2) is 14.0. The largest absolute Gasteiger partial charge is 2.00 e. The summed E-state index contributed by atoms with van der Waals surface area (Å²) in [7, 11) is -2.09. The van der Waals surface area contributed by atoms with Crippen molar-refractivity contribution in [1.82, 2.24) is 0 Å². The Labute approximate surface area is 218 Å². The summed E-state index contributed by atoms with van der Waals surface area (Å²) in [6, 6.07) is 19.2. The Morgan fingerprint density at radius 2 is 1.21 bits per heavy atom. The Bertz CT molecular complexity index is 872. The molecule has 0 fully saturated rings. The smallest absolute Gasteiger partial charge is 0.748 e. The standard InChI is InChI=1S/C13H11N.C12H27P.CH4O3S.Pd/c1-14-13-10-6-5-9-12(13)11-7-3-2-4-8-11;1-10(2,3)13(11(4,5)6)12(7,8)9;1-5(2,3)4;/h2-7,9-10H,1H3;1-9H3;1H3,(H,2,3,4);/q-1;;;+2/p-1. The fourth-order valence-electron chi connectivity index (χ4n) is 4.48. The third-order valence-corrected chi connectivity index (χ3v) is 8.18. The minimum Gasteiger partial charge on any atom is -0.748 e. The normalized spacial score (nSPS) is 11.9. The molecular formula is C26H41NO3PPdS. The summed E-state index contributed by atoms with van der Waals surface area (Å²) in [5, 5.41) is 5.58. The molecule has 0 atom stereocenters. The zero-order chi connectivity index (χ0) is 25.4. The van der Waals surface area contributed by atoms with Crippen molar-refractivity contribution in [2.24, 2.45) is 0 Å². The maximum absolute atomic E-state index is 9.08. The van der Waals surface area contributed by atoms with Crippen molar-refractivity contribution >= 4 is 23.7 Å². The number of rotatable bonds is 2. The summed E-state index contributed by atoms with van der Waals surface area (Å²) >= 11 is 0. The average molecular weight is 585 g/mol. The van der Waals surface area contributed by atoms with Gasteiger partial charge in [-0.15, -0.1) is 12.7 Å². The Morgan fingerprint density at radius 1 is 0.818 bits per heavy atom. The van der Waals surface area contributed by atoms with E-state index in [-0.39, 0.29) is 28.3 Å². The first-order valence-electron chi connectivity index (χ1n) is 10.7. The fraction of sp³-hybridized carbons (Fsp3) is 0.538. The SMILES string of the molecule is CC(C)(C)P(C(C)(C)C)C(C)(C)C.CS(=O)(=O)[O-].C[N-]c1ccccc1-c1[c]cccc1.[Pd+2]. The van der Waals surface area contributed by atoms with Crippen LogP contribution in [0.5, 0.6) is 0 Å². The molecule has 2 rings (SSSR count). The molecule has 0 amide bonds. The number of nitrogens with zero attached hydrogens (tertiary/aromatic N) is 1. The van der Waals surface area contributed by atoms with Crippen LogP contribution in [0.15, 0.2) is 48.5 Å². The van der Waals surface area contributed by atoms with Gasteiger partial charge in [0.25, 0.3) is 0 Å². The van der Waals surface area contributed by atoms with Gasteiger partial charge >= 0.3 is 20.4 Å². The maximum atomic E-state index is 9.08. The van der Waals surface area contributed by atoms with Gasteiger partial charge < -0.3 is 9.87 Å². The predicted molar refractivity (Wildman–Crippen MR) is 141 cm³/mol. The molecule has 0 aliphatic heterocycles. The molecule has 0 saturated carbocycles. The maximum Gasteiger partial charge on any atom is 2.00 e. The molecule has 0 N–H and O–H groups in total. The summed E-state index contributed by atoms with van der Waals surface area (Å²) in [6.07, 6.45) is 0.604. The van der Waals surface area contributed by atoms with Crippen LogP contribution in [0.1, 0.15) is 62.3 Å². The van der Waals surface area contributed by atoms with Crippen LogP contribution in [0.4, 0.5) is 5.69 Å². The molecular weight excluding hydrogens is 544 g/mol. The van der Waals surface area contributed by atoms with Crippen molar-refractivity contribution in [3.05, 3.63) is 59.9 Å². The minimum atomic E-state index is -3.92. The molecule has 2 aromatic carbocycles. The monoisotopic (exact) mass is 584 g/mol. The van der Waals surface area contributed by atoms with Crippen molar-refractivity contribution in [2.45, 2.75) is 77.8 Å². The molecule has 0 spiro atoms. The van der Waals surface area contributed by atoms with Crippen LogP contribution in [0.2, 0.25) is 0 Å². The van der Waals surface area contributed by atoms with Crippen LogP contribution in [0.25, 0.3) is 16.4 Å². The van der Waals surface area contributed by atoms with Crippen molar-refractivity contribution < 1.29 is 33.4 Å². The van der Waals surface area contributed by atoms with E-state index in [4.69, 9.17) is 13.0 Å². The molecule has 2 aromatic rings. The molecule has 0 aliphatic rings. The molecule has 0 saturated heterocycles. The van der Waals surface area contributed by atoms with Gasteiger partial charge in [0.1, 0.15) is 0 Å². The van der Waals surface area contributed by atoms with Crippen molar-refractivity contribution in [3.8, 4) is 11.1 Å². The molecule has 0 aromatic heterocycles. The van der Waals surface area contributed by atoms with Gasteiger partial charge in [0.2, 0.25) is 0 Å². The molecule has 1 radical (unpaired) electrons. The van der Waals surface area contributed by atoms with Gasteiger partial charge in [-0.3, -0.25) is 0 Å². The second-order valence-corrected chi connectivity index (χ2v) is 16.7. The van der Waals surface area contributed by atoms with Crippen LogP contribution in [0, 0.1) is 6.07 Å². The number of hydrogen-bond acceptors (Lipinski definition) is 3. The van der Waals surface area contributed by atoms with Crippen LogP contribution in [-0.2, 0) is 30.5 Å². The summed E-state index contributed by atoms with van der Waals surface area (Å²) in [4.78, 5) is 0. The molecule has 7 heteroatoms. The van der Waals surface area contributed by atoms with E-state index in [9.17, 15) is 0 Å². The summed E-state index contributed by atoms with van der Waals surface area (Å²) in [6.45, 7) is 21.5. The first-order chi connectivity index (χ1) is 14.3. The minimum absolute atomic E-state index is 0. The van der Waals surface area contributed by atoms with Crippen LogP contribution in [0.3, 0.4) is 0 Å². The fourth-order valence-corrected chi connectivity index (χ4v) is 10.5. The van der Waals surface area contributed by atoms with Gasteiger partial charge in [-0.1, -0.05) is 119 Å². The van der Waals surface area contributed by atoms with Gasteiger partial charge in [-0.05, 0) is 32.7 Å². The van der Waals surface area contributed by atoms with Crippen LogP contribution >= 0.6 is 7.92 Å². The van der Waals surface area contributed by atoms with Crippen LogP contribution in [-0.4, -0.2) is 41.7 Å². The van der Waals surface area contributed by atoms with Gasteiger partial charge in [0.05, 0.1) is 10.1 Å². The third kappa shape index (κ3) is 15.0. The summed E-state index contributed by atoms with van der Waals surface area (Å²) in [5.74, 6) is 0. The number of hydrogen-bond donors (Lipinski definition) is 0. The summed E-state index contributed by atoms with van der Waals surface area (Å²) in [5.41, 5.74) is 3.24. The first kappa shape index (κ1) is 34.4. The Morgan fingerprint density at radius 3 is 1.52 bits per heavy atom. The Balaban J connectivity index is 0. The molecule has 0 unspecified atom stereocenters. The third-order valence-electron chi connectivity index (χ3n) is 4.16. The molecule has 0 heterocycles. The Kier molecular flexibility index (Phi) is 14.6. The molecule has 0 aliphatic carbocycles. The van der Waals surface area contributed by atoms with E-state index < -0.39 is 10.1 Å². The van der Waals surface area contributed by atoms with Gasteiger partial charge in [0.15, 0.2) is 0 Å². The molecule has 33 heavy (non-hydrogen) atoms. The zero-order valence-electron chi connectivity index (χ0n) is 22.0. The van der Waals surface area contributed by atoms with Crippen molar-refractivity contribution in [3.63, 3.8) is 0 Å².